The van der Waals surface area contributed by atoms with Crippen LogP contribution >= 0.6 is 0 Å². The molecule has 0 radical (unpaired) electrons. The average Bonchev–Trinajstić information content (AvgIpc) is 2.72. The number of aromatic nitrogens is 2. The second-order valence-electron chi connectivity index (χ2n) is 3.53. The van der Waals surface area contributed by atoms with Crippen molar-refractivity contribution in [2.45, 2.75) is 6.61 Å². The fraction of sp³-hybridized carbons (Fsp3) is 0.0833. The third kappa shape index (κ3) is 1.21. The van der Waals surface area contributed by atoms with Gasteiger partial charge in [0.2, 0.25) is 0 Å². The molecule has 0 unspecified atom stereocenters. The minimum absolute atomic E-state index is 0.0179. The van der Waals surface area contributed by atoms with Crippen LogP contribution in [0.15, 0.2) is 42.6 Å². The second kappa shape index (κ2) is 3.07. The molecule has 2 aromatic heterocycles. The number of aliphatic hydroxyl groups excluding tert-OH is 1. The highest BCUT2D eigenvalue weighted by atomic mass is 16.3. The van der Waals surface area contributed by atoms with Gasteiger partial charge in [-0.1, -0.05) is 24.3 Å². The molecule has 74 valence electrons. The van der Waals surface area contributed by atoms with Crippen LogP contribution in [0.1, 0.15) is 5.69 Å². The molecule has 1 aromatic carbocycles. The molecule has 1 N–H and O–H groups in total. The van der Waals surface area contributed by atoms with Gasteiger partial charge in [-0.15, -0.1) is 0 Å². The molecule has 0 aliphatic heterocycles. The molecule has 0 aliphatic carbocycles. The van der Waals surface area contributed by atoms with Gasteiger partial charge in [-0.2, -0.15) is 5.10 Å². The van der Waals surface area contributed by atoms with E-state index in [2.05, 4.69) is 17.2 Å². The van der Waals surface area contributed by atoms with Crippen LogP contribution in [0, 0.1) is 0 Å². The molecule has 0 saturated carbocycles. The molecule has 3 heteroatoms. The number of fused-ring (bicyclic) bond motifs is 3. The SMILES string of the molecule is OCc1cc2c3ccccc3ccn2n1. The number of rotatable bonds is 1. The smallest absolute Gasteiger partial charge is 0.0889 e. The number of benzene rings is 1. The second-order valence-corrected chi connectivity index (χ2v) is 3.53. The lowest BCUT2D eigenvalue weighted by Crippen LogP contribution is -1.88. The minimum Gasteiger partial charge on any atom is -0.390 e. The van der Waals surface area contributed by atoms with Gasteiger partial charge in [-0.25, -0.2) is 4.52 Å². The normalized spacial score (nSPS) is 11.3. The van der Waals surface area contributed by atoms with Gasteiger partial charge in [0.1, 0.15) is 0 Å². The monoisotopic (exact) mass is 198 g/mol. The van der Waals surface area contributed by atoms with Gasteiger partial charge in [0.05, 0.1) is 17.8 Å². The van der Waals surface area contributed by atoms with E-state index in [0.29, 0.717) is 5.69 Å². The van der Waals surface area contributed by atoms with Crippen LogP contribution in [0.2, 0.25) is 0 Å². The van der Waals surface area contributed by atoms with Gasteiger partial charge in [0.25, 0.3) is 0 Å². The van der Waals surface area contributed by atoms with Crippen LogP contribution in [0.5, 0.6) is 0 Å². The fourth-order valence-electron chi connectivity index (χ4n) is 1.86. The van der Waals surface area contributed by atoms with E-state index in [9.17, 15) is 0 Å². The first-order valence-electron chi connectivity index (χ1n) is 4.85. The average molecular weight is 198 g/mol. The van der Waals surface area contributed by atoms with E-state index in [1.54, 1.807) is 4.52 Å². The largest absolute Gasteiger partial charge is 0.390 e. The summed E-state index contributed by atoms with van der Waals surface area (Å²) in [6, 6.07) is 12.1. The van der Waals surface area contributed by atoms with Gasteiger partial charge in [0, 0.05) is 11.6 Å². The number of aliphatic hydroxyl groups is 1. The van der Waals surface area contributed by atoms with E-state index in [-0.39, 0.29) is 6.61 Å². The molecule has 0 atom stereocenters. The van der Waals surface area contributed by atoms with Crippen LogP contribution in [0.3, 0.4) is 0 Å². The summed E-state index contributed by atoms with van der Waals surface area (Å²) < 4.78 is 1.80. The molecule has 0 aliphatic rings. The van der Waals surface area contributed by atoms with Gasteiger partial charge in [-0.05, 0) is 17.5 Å². The maximum absolute atomic E-state index is 9.03. The summed E-state index contributed by atoms with van der Waals surface area (Å²) in [4.78, 5) is 0. The Labute approximate surface area is 86.6 Å². The van der Waals surface area contributed by atoms with Gasteiger partial charge < -0.3 is 5.11 Å². The first-order chi connectivity index (χ1) is 7.38. The van der Waals surface area contributed by atoms with E-state index in [1.165, 1.54) is 5.39 Å². The molecule has 3 aromatic rings. The predicted octanol–water partition coefficient (Wildman–Crippen LogP) is 1.98. The Morgan fingerprint density at radius 3 is 2.93 bits per heavy atom. The summed E-state index contributed by atoms with van der Waals surface area (Å²) in [5.41, 5.74) is 1.74. The van der Waals surface area contributed by atoms with Crippen LogP contribution in [-0.4, -0.2) is 14.7 Å². The number of pyridine rings is 1. The molecular formula is C12H10N2O. The molecule has 15 heavy (non-hydrogen) atoms. The Bertz CT molecular complexity index is 628. The third-order valence-electron chi connectivity index (χ3n) is 2.58. The van der Waals surface area contributed by atoms with Crippen molar-refractivity contribution in [3.05, 3.63) is 48.3 Å². The van der Waals surface area contributed by atoms with Crippen molar-refractivity contribution in [3.8, 4) is 0 Å². The first kappa shape index (κ1) is 8.44. The van der Waals surface area contributed by atoms with Crippen molar-refractivity contribution in [3.63, 3.8) is 0 Å². The van der Waals surface area contributed by atoms with Gasteiger partial charge in [-0.3, -0.25) is 0 Å². The van der Waals surface area contributed by atoms with E-state index in [1.807, 2.05) is 30.5 Å². The Balaban J connectivity index is 2.47. The van der Waals surface area contributed by atoms with E-state index >= 15 is 0 Å². The Hall–Kier alpha value is -1.87. The number of hydrogen-bond donors (Lipinski definition) is 1. The highest BCUT2D eigenvalue weighted by Gasteiger charge is 2.03. The predicted molar refractivity (Wildman–Crippen MR) is 58.6 cm³/mol. The summed E-state index contributed by atoms with van der Waals surface area (Å²) in [5, 5.41) is 15.6. The fourth-order valence-corrected chi connectivity index (χ4v) is 1.86. The third-order valence-corrected chi connectivity index (χ3v) is 2.58. The van der Waals surface area contributed by atoms with Crippen molar-refractivity contribution < 1.29 is 5.11 Å². The molecule has 0 amide bonds. The molecular weight excluding hydrogens is 188 g/mol. The van der Waals surface area contributed by atoms with E-state index in [0.717, 1.165) is 10.9 Å². The highest BCUT2D eigenvalue weighted by Crippen LogP contribution is 2.20. The molecule has 3 nitrogen and oxygen atoms in total. The van der Waals surface area contributed by atoms with Gasteiger partial charge in [0.15, 0.2) is 0 Å². The van der Waals surface area contributed by atoms with Crippen molar-refractivity contribution >= 4 is 16.3 Å². The zero-order chi connectivity index (χ0) is 10.3. The first-order valence-corrected chi connectivity index (χ1v) is 4.85. The summed E-state index contributed by atoms with van der Waals surface area (Å²) in [6.07, 6.45) is 1.91. The zero-order valence-corrected chi connectivity index (χ0v) is 8.09. The van der Waals surface area contributed by atoms with Crippen LogP contribution < -0.4 is 0 Å². The molecule has 0 bridgehead atoms. The van der Waals surface area contributed by atoms with E-state index in [4.69, 9.17) is 5.11 Å². The van der Waals surface area contributed by atoms with Gasteiger partial charge >= 0.3 is 0 Å². The summed E-state index contributed by atoms with van der Waals surface area (Å²) in [6.45, 7) is -0.0179. The number of nitrogens with zero attached hydrogens (tertiary/aromatic N) is 2. The Kier molecular flexibility index (Phi) is 1.73. The topological polar surface area (TPSA) is 37.5 Å². The summed E-state index contributed by atoms with van der Waals surface area (Å²) in [5.74, 6) is 0. The maximum atomic E-state index is 9.03. The molecule has 2 heterocycles. The Morgan fingerprint density at radius 2 is 2.07 bits per heavy atom. The molecule has 0 saturated heterocycles. The zero-order valence-electron chi connectivity index (χ0n) is 8.09. The quantitative estimate of drug-likeness (QED) is 0.649. The van der Waals surface area contributed by atoms with Crippen molar-refractivity contribution in [1.29, 1.82) is 0 Å². The number of hydrogen-bond acceptors (Lipinski definition) is 2. The van der Waals surface area contributed by atoms with Crippen LogP contribution in [0.25, 0.3) is 16.3 Å². The lowest BCUT2D eigenvalue weighted by molar-refractivity contribution is 0.276. The highest BCUT2D eigenvalue weighted by molar-refractivity contribution is 5.95. The van der Waals surface area contributed by atoms with Crippen LogP contribution in [-0.2, 0) is 6.61 Å². The van der Waals surface area contributed by atoms with Crippen molar-refractivity contribution in [2.24, 2.45) is 0 Å². The van der Waals surface area contributed by atoms with Crippen molar-refractivity contribution in [2.75, 3.05) is 0 Å². The van der Waals surface area contributed by atoms with Crippen LogP contribution in [0.4, 0.5) is 0 Å². The molecule has 3 rings (SSSR count). The van der Waals surface area contributed by atoms with E-state index < -0.39 is 0 Å². The lowest BCUT2D eigenvalue weighted by Gasteiger charge is -1.98. The Morgan fingerprint density at radius 1 is 1.20 bits per heavy atom. The minimum atomic E-state index is -0.0179. The molecule has 0 spiro atoms. The molecule has 0 fully saturated rings. The summed E-state index contributed by atoms with van der Waals surface area (Å²) >= 11 is 0. The maximum Gasteiger partial charge on any atom is 0.0889 e. The lowest BCUT2D eigenvalue weighted by atomic mass is 10.1. The van der Waals surface area contributed by atoms with Crippen molar-refractivity contribution in [1.82, 2.24) is 9.61 Å². The summed E-state index contributed by atoms with van der Waals surface area (Å²) in [7, 11) is 0. The standard InChI is InChI=1S/C12H10N2O/c15-8-10-7-12-11-4-2-1-3-9(11)5-6-14(12)13-10/h1-7,15H,8H2.